The van der Waals surface area contributed by atoms with Gasteiger partial charge in [-0.25, -0.2) is 4.39 Å². The second kappa shape index (κ2) is 11.6. The van der Waals surface area contributed by atoms with Crippen molar-refractivity contribution in [3.05, 3.63) is 118 Å². The number of alkyl halides is 3. The van der Waals surface area contributed by atoms with Gasteiger partial charge in [0.05, 0.1) is 23.8 Å². The lowest BCUT2D eigenvalue weighted by Crippen LogP contribution is -2.37. The first kappa shape index (κ1) is 28.4. The fraction of sp³-hybridized carbons (Fsp3) is 0.172. The van der Waals surface area contributed by atoms with Crippen LogP contribution in [0.3, 0.4) is 0 Å². The number of carbonyl (C=O) groups excluding carboxylic acids is 2. The zero-order chi connectivity index (χ0) is 29.0. The van der Waals surface area contributed by atoms with Gasteiger partial charge >= 0.3 is 6.18 Å². The van der Waals surface area contributed by atoms with Crippen molar-refractivity contribution in [2.45, 2.75) is 25.7 Å². The van der Waals surface area contributed by atoms with Gasteiger partial charge in [-0.3, -0.25) is 19.4 Å². The first-order chi connectivity index (χ1) is 19.0. The molecule has 0 saturated heterocycles. The molecule has 2 heterocycles. The second-order valence-electron chi connectivity index (χ2n) is 9.02. The number of rotatable bonds is 8. The van der Waals surface area contributed by atoms with Gasteiger partial charge in [-0.1, -0.05) is 12.1 Å². The van der Waals surface area contributed by atoms with E-state index >= 15 is 0 Å². The smallest absolute Gasteiger partial charge is 0.320 e. The lowest BCUT2D eigenvalue weighted by atomic mass is 10.0. The summed E-state index contributed by atoms with van der Waals surface area (Å²) in [5, 5.41) is 5.30. The topological polar surface area (TPSA) is 93.1 Å². The molecule has 0 bridgehead atoms. The predicted octanol–water partition coefficient (Wildman–Crippen LogP) is 4.89. The van der Waals surface area contributed by atoms with Crippen LogP contribution in [0.5, 0.6) is 0 Å². The van der Waals surface area contributed by atoms with E-state index in [4.69, 9.17) is 0 Å². The average molecular weight is 553 g/mol. The van der Waals surface area contributed by atoms with Crippen LogP contribution in [0, 0.1) is 5.82 Å². The number of amides is 1. The standard InChI is InChI=1S/C29H24F4N4O3/c1-17(34-2)27(39)36-24-10-11-25(20-4-3-5-22(13-20)29(31,32)33)37(28(24)40)16-18-12-21(15-35-14-18)26(38)19-6-8-23(30)9-7-19/h3-15,17,34H,16H2,1-2H3,(H,36,39)/t17-/m1/s1. The first-order valence-corrected chi connectivity index (χ1v) is 12.1. The summed E-state index contributed by atoms with van der Waals surface area (Å²) in [5.74, 6) is -1.41. The Hall–Kier alpha value is -4.64. The molecule has 0 fully saturated rings. The molecule has 4 aromatic rings. The molecule has 0 spiro atoms. The monoisotopic (exact) mass is 552 g/mol. The van der Waals surface area contributed by atoms with Crippen LogP contribution in [0.15, 0.2) is 83.9 Å². The van der Waals surface area contributed by atoms with Gasteiger partial charge in [0, 0.05) is 23.5 Å². The number of likely N-dealkylation sites (N-methyl/N-ethyl adjacent to an activating group) is 1. The first-order valence-electron chi connectivity index (χ1n) is 12.1. The van der Waals surface area contributed by atoms with Gasteiger partial charge in [0.1, 0.15) is 11.5 Å². The van der Waals surface area contributed by atoms with E-state index in [0.29, 0.717) is 5.56 Å². The van der Waals surface area contributed by atoms with Crippen molar-refractivity contribution >= 4 is 17.4 Å². The Morgan fingerprint density at radius 1 is 0.975 bits per heavy atom. The van der Waals surface area contributed by atoms with Gasteiger partial charge in [-0.05, 0) is 79.7 Å². The van der Waals surface area contributed by atoms with E-state index < -0.39 is 40.8 Å². The van der Waals surface area contributed by atoms with Crippen molar-refractivity contribution in [1.82, 2.24) is 14.9 Å². The van der Waals surface area contributed by atoms with Crippen molar-refractivity contribution in [2.24, 2.45) is 0 Å². The highest BCUT2D eigenvalue weighted by Gasteiger charge is 2.30. The maximum Gasteiger partial charge on any atom is 0.416 e. The predicted molar refractivity (Wildman–Crippen MR) is 141 cm³/mol. The summed E-state index contributed by atoms with van der Waals surface area (Å²) in [7, 11) is 1.58. The molecular weight excluding hydrogens is 528 g/mol. The molecule has 0 aliphatic heterocycles. The lowest BCUT2D eigenvalue weighted by Gasteiger charge is -2.18. The molecular formula is C29H24F4N4O3. The summed E-state index contributed by atoms with van der Waals surface area (Å²) in [5.41, 5.74) is -0.550. The molecule has 0 unspecified atom stereocenters. The Morgan fingerprint density at radius 3 is 2.38 bits per heavy atom. The zero-order valence-electron chi connectivity index (χ0n) is 21.4. The number of aromatic nitrogens is 2. The van der Waals surface area contributed by atoms with Crippen molar-refractivity contribution in [1.29, 1.82) is 0 Å². The molecule has 0 aliphatic rings. The fourth-order valence-electron chi connectivity index (χ4n) is 3.96. The van der Waals surface area contributed by atoms with E-state index in [0.717, 1.165) is 24.3 Å². The van der Waals surface area contributed by atoms with Gasteiger partial charge < -0.3 is 15.2 Å². The van der Waals surface area contributed by atoms with Crippen molar-refractivity contribution in [3.63, 3.8) is 0 Å². The largest absolute Gasteiger partial charge is 0.416 e. The van der Waals surface area contributed by atoms with Crippen LogP contribution in [0.1, 0.15) is 34.0 Å². The van der Waals surface area contributed by atoms with Crippen molar-refractivity contribution in [3.8, 4) is 11.3 Å². The van der Waals surface area contributed by atoms with Crippen LogP contribution in [-0.4, -0.2) is 34.3 Å². The molecule has 1 amide bonds. The molecule has 206 valence electrons. The minimum absolute atomic E-state index is 0.0747. The Balaban J connectivity index is 1.78. The van der Waals surface area contributed by atoms with Crippen LogP contribution in [0.2, 0.25) is 0 Å². The number of pyridine rings is 2. The SMILES string of the molecule is CN[C@H](C)C(=O)Nc1ccc(-c2cccc(C(F)(F)F)c2)n(Cc2cncc(C(=O)c3ccc(F)cc3)c2)c1=O. The van der Waals surface area contributed by atoms with E-state index in [1.165, 1.54) is 59.4 Å². The highest BCUT2D eigenvalue weighted by atomic mass is 19.4. The van der Waals surface area contributed by atoms with E-state index in [1.807, 2.05) is 0 Å². The Kier molecular flexibility index (Phi) is 8.24. The second-order valence-corrected chi connectivity index (χ2v) is 9.02. The van der Waals surface area contributed by atoms with Gasteiger partial charge in [-0.15, -0.1) is 0 Å². The van der Waals surface area contributed by atoms with Crippen molar-refractivity contribution < 1.29 is 27.2 Å². The number of benzene rings is 2. The summed E-state index contributed by atoms with van der Waals surface area (Å²) >= 11 is 0. The lowest BCUT2D eigenvalue weighted by molar-refractivity contribution is -0.137. The van der Waals surface area contributed by atoms with E-state index in [2.05, 4.69) is 15.6 Å². The highest BCUT2D eigenvalue weighted by Crippen LogP contribution is 2.32. The summed E-state index contributed by atoms with van der Waals surface area (Å²) < 4.78 is 54.8. The highest BCUT2D eigenvalue weighted by molar-refractivity contribution is 6.08. The van der Waals surface area contributed by atoms with Gasteiger partial charge in [0.25, 0.3) is 5.56 Å². The molecule has 11 heteroatoms. The number of carbonyl (C=O) groups is 2. The van der Waals surface area contributed by atoms with E-state index in [1.54, 1.807) is 14.0 Å². The number of nitrogens with zero attached hydrogens (tertiary/aromatic N) is 2. The summed E-state index contributed by atoms with van der Waals surface area (Å²) in [6.07, 6.45) is -1.86. The number of hydrogen-bond donors (Lipinski definition) is 2. The van der Waals surface area contributed by atoms with Crippen LogP contribution in [0.25, 0.3) is 11.3 Å². The average Bonchev–Trinajstić information content (AvgIpc) is 2.94. The van der Waals surface area contributed by atoms with Crippen LogP contribution in [0.4, 0.5) is 23.2 Å². The van der Waals surface area contributed by atoms with Crippen molar-refractivity contribution in [2.75, 3.05) is 12.4 Å². The number of nitrogens with one attached hydrogen (secondary N) is 2. The molecule has 2 aromatic heterocycles. The molecule has 0 aliphatic carbocycles. The molecule has 1 atom stereocenters. The van der Waals surface area contributed by atoms with Gasteiger partial charge in [-0.2, -0.15) is 13.2 Å². The van der Waals surface area contributed by atoms with E-state index in [9.17, 15) is 31.9 Å². The Labute approximate surface area is 226 Å². The number of ketones is 1. The third-order valence-corrected chi connectivity index (χ3v) is 6.25. The molecule has 0 radical (unpaired) electrons. The van der Waals surface area contributed by atoms with Crippen LogP contribution in [-0.2, 0) is 17.5 Å². The minimum Gasteiger partial charge on any atom is -0.320 e. The number of hydrogen-bond acceptors (Lipinski definition) is 5. The van der Waals surface area contributed by atoms with E-state index in [-0.39, 0.29) is 34.6 Å². The normalized spacial score (nSPS) is 12.2. The maximum atomic E-state index is 13.6. The van der Waals surface area contributed by atoms with Gasteiger partial charge in [0.2, 0.25) is 5.91 Å². The maximum absolute atomic E-state index is 13.6. The van der Waals surface area contributed by atoms with Crippen LogP contribution >= 0.6 is 0 Å². The third-order valence-electron chi connectivity index (χ3n) is 6.25. The minimum atomic E-state index is -4.60. The summed E-state index contributed by atoms with van der Waals surface area (Å²) in [4.78, 5) is 43.0. The number of halogens is 4. The van der Waals surface area contributed by atoms with Gasteiger partial charge in [0.15, 0.2) is 5.78 Å². The fourth-order valence-corrected chi connectivity index (χ4v) is 3.96. The Morgan fingerprint density at radius 2 is 1.70 bits per heavy atom. The Bertz CT molecular complexity index is 1620. The molecule has 4 rings (SSSR count). The molecule has 2 N–H and O–H groups in total. The summed E-state index contributed by atoms with van der Waals surface area (Å²) in [6, 6.07) is 13.2. The zero-order valence-corrected chi connectivity index (χ0v) is 21.4. The quantitative estimate of drug-likeness (QED) is 0.240. The molecule has 40 heavy (non-hydrogen) atoms. The molecule has 7 nitrogen and oxygen atoms in total. The molecule has 2 aromatic carbocycles. The summed E-state index contributed by atoms with van der Waals surface area (Å²) in [6.45, 7) is 1.42. The number of anilines is 1. The van der Waals surface area contributed by atoms with Crippen LogP contribution < -0.4 is 16.2 Å². The third kappa shape index (κ3) is 6.32. The molecule has 0 saturated carbocycles.